The molecule has 0 unspecified atom stereocenters. The van der Waals surface area contributed by atoms with E-state index >= 15 is 0 Å². The number of ether oxygens (including phenoxy) is 1. The summed E-state index contributed by atoms with van der Waals surface area (Å²) in [5.41, 5.74) is 0.140. The quantitative estimate of drug-likeness (QED) is 0.744. The summed E-state index contributed by atoms with van der Waals surface area (Å²) in [4.78, 5) is 34.9. The lowest BCUT2D eigenvalue weighted by atomic mass is 10.1. The zero-order valence-corrected chi connectivity index (χ0v) is 16.8. The molecule has 162 valence electrons. The van der Waals surface area contributed by atoms with Crippen molar-refractivity contribution in [3.8, 4) is 0 Å². The van der Waals surface area contributed by atoms with Crippen molar-refractivity contribution in [2.24, 2.45) is 0 Å². The number of carbonyl (C=O) groups is 1. The number of hydrogen-bond donors (Lipinski definition) is 1. The van der Waals surface area contributed by atoms with E-state index in [4.69, 9.17) is 4.74 Å². The number of alkyl halides is 3. The molecule has 1 aromatic heterocycles. The van der Waals surface area contributed by atoms with Gasteiger partial charge in [-0.05, 0) is 32.0 Å². The number of halogens is 3. The van der Waals surface area contributed by atoms with Crippen molar-refractivity contribution in [1.82, 2.24) is 9.97 Å². The fourth-order valence-corrected chi connectivity index (χ4v) is 3.37. The van der Waals surface area contributed by atoms with Gasteiger partial charge in [0.15, 0.2) is 0 Å². The summed E-state index contributed by atoms with van der Waals surface area (Å²) >= 11 is 0. The zero-order chi connectivity index (χ0) is 21.9. The van der Waals surface area contributed by atoms with Gasteiger partial charge >= 0.3 is 12.1 Å². The van der Waals surface area contributed by atoms with Crippen LogP contribution in [0.25, 0.3) is 0 Å². The van der Waals surface area contributed by atoms with E-state index < -0.39 is 23.3 Å². The van der Waals surface area contributed by atoms with E-state index in [2.05, 4.69) is 9.97 Å². The van der Waals surface area contributed by atoms with Crippen molar-refractivity contribution in [3.63, 3.8) is 0 Å². The van der Waals surface area contributed by atoms with E-state index in [0.29, 0.717) is 43.5 Å². The number of anilines is 2. The van der Waals surface area contributed by atoms with Crippen LogP contribution in [0.1, 0.15) is 23.7 Å². The lowest BCUT2D eigenvalue weighted by Crippen LogP contribution is -2.47. The summed E-state index contributed by atoms with van der Waals surface area (Å²) in [5, 5.41) is 0. The van der Waals surface area contributed by atoms with Gasteiger partial charge in [0, 0.05) is 37.4 Å². The number of nitrogens with zero attached hydrogens (tertiary/aromatic N) is 3. The molecule has 1 N–H and O–H groups in total. The topological polar surface area (TPSA) is 78.5 Å². The van der Waals surface area contributed by atoms with E-state index in [-0.39, 0.29) is 18.6 Å². The average Bonchev–Trinajstić information content (AvgIpc) is 2.70. The number of aryl methyl sites for hydroxylation is 1. The molecule has 0 amide bonds. The Kier molecular flexibility index (Phi) is 6.33. The molecule has 1 fully saturated rings. The highest BCUT2D eigenvalue weighted by Gasteiger charge is 2.31. The number of H-pyrrole nitrogens is 1. The lowest BCUT2D eigenvalue weighted by Gasteiger charge is -2.36. The first-order valence-corrected chi connectivity index (χ1v) is 9.61. The Bertz CT molecular complexity index is 966. The van der Waals surface area contributed by atoms with Crippen LogP contribution >= 0.6 is 0 Å². The normalized spacial score (nSPS) is 14.7. The van der Waals surface area contributed by atoms with Crippen LogP contribution in [0.15, 0.2) is 29.1 Å². The number of aromatic nitrogens is 2. The number of hydrogen-bond acceptors (Lipinski definition) is 6. The highest BCUT2D eigenvalue weighted by Crippen LogP contribution is 2.32. The van der Waals surface area contributed by atoms with Crippen LogP contribution in [0.4, 0.5) is 24.8 Å². The summed E-state index contributed by atoms with van der Waals surface area (Å²) in [6.07, 6.45) is -4.53. The van der Waals surface area contributed by atoms with Crippen LogP contribution in [0.2, 0.25) is 0 Å². The highest BCUT2D eigenvalue weighted by molar-refractivity contribution is 5.72. The van der Waals surface area contributed by atoms with Crippen LogP contribution in [-0.4, -0.2) is 48.7 Å². The molecule has 1 aliphatic heterocycles. The summed E-state index contributed by atoms with van der Waals surface area (Å²) in [6, 6.07) is 5.24. The molecule has 0 saturated carbocycles. The smallest absolute Gasteiger partial charge is 0.416 e. The van der Waals surface area contributed by atoms with E-state index in [0.717, 1.165) is 12.1 Å². The second kappa shape index (κ2) is 8.76. The molecular formula is C20H23F3N4O3. The maximum absolute atomic E-state index is 13.0. The number of esters is 1. The Morgan fingerprint density at radius 3 is 2.47 bits per heavy atom. The van der Waals surface area contributed by atoms with Gasteiger partial charge in [-0.15, -0.1) is 0 Å². The second-order valence-electron chi connectivity index (χ2n) is 6.96. The van der Waals surface area contributed by atoms with Gasteiger partial charge in [0.25, 0.3) is 5.56 Å². The van der Waals surface area contributed by atoms with E-state index in [1.807, 2.05) is 9.80 Å². The van der Waals surface area contributed by atoms with Gasteiger partial charge < -0.3 is 14.5 Å². The van der Waals surface area contributed by atoms with E-state index in [9.17, 15) is 22.8 Å². The average molecular weight is 424 g/mol. The lowest BCUT2D eigenvalue weighted by molar-refractivity contribution is -0.142. The number of piperazine rings is 1. The van der Waals surface area contributed by atoms with Crippen molar-refractivity contribution < 1.29 is 22.7 Å². The second-order valence-corrected chi connectivity index (χ2v) is 6.96. The molecule has 7 nitrogen and oxygen atoms in total. The fourth-order valence-electron chi connectivity index (χ4n) is 3.37. The monoisotopic (exact) mass is 424 g/mol. The number of nitrogens with one attached hydrogen (secondary N) is 1. The minimum atomic E-state index is -4.38. The first-order chi connectivity index (χ1) is 14.2. The molecule has 0 aliphatic carbocycles. The van der Waals surface area contributed by atoms with Crippen molar-refractivity contribution in [2.45, 2.75) is 26.4 Å². The van der Waals surface area contributed by atoms with Crippen molar-refractivity contribution in [3.05, 3.63) is 51.4 Å². The number of aromatic amines is 1. The van der Waals surface area contributed by atoms with Crippen LogP contribution in [-0.2, 0) is 22.1 Å². The Hall–Kier alpha value is -3.04. The van der Waals surface area contributed by atoms with Crippen LogP contribution in [0.3, 0.4) is 0 Å². The minimum absolute atomic E-state index is 0.147. The Labute approximate surface area is 171 Å². The Morgan fingerprint density at radius 1 is 1.20 bits per heavy atom. The summed E-state index contributed by atoms with van der Waals surface area (Å²) in [7, 11) is 0. The molecule has 0 radical (unpaired) electrons. The maximum atomic E-state index is 13.0. The highest BCUT2D eigenvalue weighted by atomic mass is 19.4. The van der Waals surface area contributed by atoms with Gasteiger partial charge in [0.1, 0.15) is 0 Å². The first kappa shape index (κ1) is 21.7. The van der Waals surface area contributed by atoms with Gasteiger partial charge in [-0.3, -0.25) is 14.6 Å². The van der Waals surface area contributed by atoms with Crippen molar-refractivity contribution in [1.29, 1.82) is 0 Å². The molecular weight excluding hydrogens is 401 g/mol. The zero-order valence-electron chi connectivity index (χ0n) is 16.8. The van der Waals surface area contributed by atoms with Gasteiger partial charge in [0.2, 0.25) is 5.95 Å². The van der Waals surface area contributed by atoms with Crippen LogP contribution in [0, 0.1) is 6.92 Å². The maximum Gasteiger partial charge on any atom is 0.416 e. The van der Waals surface area contributed by atoms with Gasteiger partial charge in [0.05, 0.1) is 24.3 Å². The van der Waals surface area contributed by atoms with Crippen molar-refractivity contribution in [2.75, 3.05) is 42.6 Å². The number of carbonyl (C=O) groups excluding carboxylic acids is 1. The first-order valence-electron chi connectivity index (χ1n) is 9.61. The standard InChI is InChI=1S/C20H23F3N4O3/c1-3-30-17(28)12-16-13(2)24-19(25-18(16)29)27-9-7-26(8-10-27)15-6-4-5-14(11-15)20(21,22)23/h4-6,11H,3,7-10,12H2,1-2H3,(H,24,25,29). The third-order valence-electron chi connectivity index (χ3n) is 4.95. The minimum Gasteiger partial charge on any atom is -0.466 e. The summed E-state index contributed by atoms with van der Waals surface area (Å²) < 4.78 is 43.7. The van der Waals surface area contributed by atoms with E-state index in [1.54, 1.807) is 19.9 Å². The molecule has 0 atom stereocenters. The molecule has 1 aromatic carbocycles. The van der Waals surface area contributed by atoms with Crippen molar-refractivity contribution >= 4 is 17.6 Å². The molecule has 1 aliphatic rings. The third kappa shape index (κ3) is 4.92. The van der Waals surface area contributed by atoms with Gasteiger partial charge in [-0.1, -0.05) is 6.07 Å². The SMILES string of the molecule is CCOC(=O)Cc1c(C)nc(N2CCN(c3cccc(C(F)(F)F)c3)CC2)[nH]c1=O. The third-order valence-corrected chi connectivity index (χ3v) is 4.95. The van der Waals surface area contributed by atoms with Crippen LogP contribution in [0.5, 0.6) is 0 Å². The molecule has 1 saturated heterocycles. The predicted octanol–water partition coefficient (Wildman–Crippen LogP) is 2.53. The van der Waals surface area contributed by atoms with Gasteiger partial charge in [-0.25, -0.2) is 4.98 Å². The predicted molar refractivity (Wildman–Crippen MR) is 106 cm³/mol. The fraction of sp³-hybridized carbons (Fsp3) is 0.450. The Balaban J connectivity index is 1.69. The van der Waals surface area contributed by atoms with E-state index in [1.165, 1.54) is 6.07 Å². The Morgan fingerprint density at radius 2 is 1.87 bits per heavy atom. The largest absolute Gasteiger partial charge is 0.466 e. The molecule has 0 bridgehead atoms. The molecule has 10 heteroatoms. The molecule has 2 aromatic rings. The van der Waals surface area contributed by atoms with Crippen LogP contribution < -0.4 is 15.4 Å². The molecule has 2 heterocycles. The molecule has 3 rings (SSSR count). The molecule has 0 spiro atoms. The summed E-state index contributed by atoms with van der Waals surface area (Å²) in [5.74, 6) is -0.107. The molecule has 30 heavy (non-hydrogen) atoms. The van der Waals surface area contributed by atoms with Gasteiger partial charge in [-0.2, -0.15) is 13.2 Å². The number of rotatable bonds is 5. The summed E-state index contributed by atoms with van der Waals surface area (Å²) in [6.45, 7) is 5.51. The number of benzene rings is 1.